The topological polar surface area (TPSA) is 66.4 Å². The van der Waals surface area contributed by atoms with Crippen molar-refractivity contribution in [2.24, 2.45) is 0 Å². The molecule has 0 bridgehead atoms. The van der Waals surface area contributed by atoms with Crippen LogP contribution in [-0.2, 0) is 4.79 Å². The van der Waals surface area contributed by atoms with Gasteiger partial charge in [-0.2, -0.15) is 0 Å². The smallest absolute Gasteiger partial charge is 0.326 e. The van der Waals surface area contributed by atoms with Crippen molar-refractivity contribution in [1.82, 2.24) is 5.32 Å². The highest BCUT2D eigenvalue weighted by Gasteiger charge is 2.20. The van der Waals surface area contributed by atoms with Gasteiger partial charge in [-0.15, -0.1) is 0 Å². The molecule has 1 amide bonds. The molecule has 0 heterocycles. The van der Waals surface area contributed by atoms with E-state index in [1.54, 1.807) is 12.1 Å². The molecule has 104 valence electrons. The molecule has 1 aromatic carbocycles. The number of nitrogens with one attached hydrogen (secondary N) is 1. The van der Waals surface area contributed by atoms with Crippen LogP contribution in [0.4, 0.5) is 0 Å². The van der Waals surface area contributed by atoms with E-state index < -0.39 is 12.0 Å². The van der Waals surface area contributed by atoms with Gasteiger partial charge in [-0.3, -0.25) is 4.79 Å². The normalized spacial score (nSPS) is 11.9. The molecule has 0 aliphatic carbocycles. The summed E-state index contributed by atoms with van der Waals surface area (Å²) in [7, 11) is 0. The van der Waals surface area contributed by atoms with E-state index in [0.29, 0.717) is 12.0 Å². The lowest BCUT2D eigenvalue weighted by molar-refractivity contribution is -0.139. The highest BCUT2D eigenvalue weighted by Crippen LogP contribution is 2.10. The van der Waals surface area contributed by atoms with E-state index in [9.17, 15) is 9.59 Å². The van der Waals surface area contributed by atoms with Gasteiger partial charge in [0.2, 0.25) is 0 Å². The van der Waals surface area contributed by atoms with Gasteiger partial charge in [0.25, 0.3) is 5.91 Å². The van der Waals surface area contributed by atoms with Crippen molar-refractivity contribution >= 4 is 11.9 Å². The zero-order valence-electron chi connectivity index (χ0n) is 11.7. The first kappa shape index (κ1) is 15.2. The number of carboxylic acids is 1. The fourth-order valence-electron chi connectivity index (χ4n) is 2.01. The van der Waals surface area contributed by atoms with Gasteiger partial charge in [0, 0.05) is 5.56 Å². The van der Waals surface area contributed by atoms with Crippen molar-refractivity contribution < 1.29 is 14.7 Å². The molecule has 0 radical (unpaired) electrons. The van der Waals surface area contributed by atoms with Crippen molar-refractivity contribution in [2.45, 2.75) is 46.1 Å². The second-order valence-corrected chi connectivity index (χ2v) is 4.88. The Morgan fingerprint density at radius 2 is 1.79 bits per heavy atom. The number of carboxylic acid groups (broad SMARTS) is 1. The summed E-state index contributed by atoms with van der Waals surface area (Å²) in [4.78, 5) is 23.1. The van der Waals surface area contributed by atoms with Crippen LogP contribution in [0.5, 0.6) is 0 Å². The number of benzene rings is 1. The third kappa shape index (κ3) is 4.73. The SMILES string of the molecule is CCCC[C@H](NC(=O)c1cc(C)cc(C)c1)C(=O)O. The molecule has 4 heteroatoms. The lowest BCUT2D eigenvalue weighted by atomic mass is 10.1. The minimum atomic E-state index is -0.980. The molecule has 19 heavy (non-hydrogen) atoms. The summed E-state index contributed by atoms with van der Waals surface area (Å²) in [5, 5.41) is 11.7. The Hall–Kier alpha value is -1.84. The van der Waals surface area contributed by atoms with Gasteiger partial charge >= 0.3 is 5.97 Å². The predicted octanol–water partition coefficient (Wildman–Crippen LogP) is 2.68. The van der Waals surface area contributed by atoms with Crippen molar-refractivity contribution in [1.29, 1.82) is 0 Å². The molecule has 0 aromatic heterocycles. The van der Waals surface area contributed by atoms with E-state index in [0.717, 1.165) is 24.0 Å². The Labute approximate surface area is 113 Å². The van der Waals surface area contributed by atoms with E-state index in [-0.39, 0.29) is 5.91 Å². The molecule has 0 saturated carbocycles. The largest absolute Gasteiger partial charge is 0.480 e. The van der Waals surface area contributed by atoms with E-state index in [4.69, 9.17) is 5.11 Å². The Kier molecular flexibility index (Phi) is 5.55. The fourth-order valence-corrected chi connectivity index (χ4v) is 2.01. The summed E-state index contributed by atoms with van der Waals surface area (Å²) in [5.41, 5.74) is 2.50. The minimum absolute atomic E-state index is 0.324. The number of hydrogen-bond acceptors (Lipinski definition) is 2. The summed E-state index contributed by atoms with van der Waals surface area (Å²) in [5.74, 6) is -1.30. The summed E-state index contributed by atoms with van der Waals surface area (Å²) in [6, 6.07) is 4.69. The fraction of sp³-hybridized carbons (Fsp3) is 0.467. The summed E-state index contributed by atoms with van der Waals surface area (Å²) >= 11 is 0. The monoisotopic (exact) mass is 263 g/mol. The number of aliphatic carboxylic acids is 1. The van der Waals surface area contributed by atoms with Gasteiger partial charge in [0.1, 0.15) is 6.04 Å². The number of unbranched alkanes of at least 4 members (excludes halogenated alkanes) is 1. The molecule has 1 rings (SSSR count). The molecule has 0 unspecified atom stereocenters. The minimum Gasteiger partial charge on any atom is -0.480 e. The Balaban J connectivity index is 2.78. The van der Waals surface area contributed by atoms with Crippen molar-refractivity contribution in [2.75, 3.05) is 0 Å². The zero-order valence-corrected chi connectivity index (χ0v) is 11.7. The first-order valence-electron chi connectivity index (χ1n) is 6.56. The summed E-state index contributed by atoms with van der Waals surface area (Å²) < 4.78 is 0. The molecule has 2 N–H and O–H groups in total. The number of hydrogen-bond donors (Lipinski definition) is 2. The van der Waals surface area contributed by atoms with Crippen molar-refractivity contribution in [3.8, 4) is 0 Å². The highest BCUT2D eigenvalue weighted by atomic mass is 16.4. The van der Waals surface area contributed by atoms with Crippen LogP contribution in [0.25, 0.3) is 0 Å². The van der Waals surface area contributed by atoms with Crippen molar-refractivity contribution in [3.63, 3.8) is 0 Å². The van der Waals surface area contributed by atoms with Crippen LogP contribution in [0.2, 0.25) is 0 Å². The number of carbonyl (C=O) groups excluding carboxylic acids is 1. The van der Waals surface area contributed by atoms with E-state index >= 15 is 0 Å². The maximum Gasteiger partial charge on any atom is 0.326 e. The molecule has 0 aliphatic heterocycles. The number of carbonyl (C=O) groups is 2. The highest BCUT2D eigenvalue weighted by molar-refractivity contribution is 5.96. The molecular weight excluding hydrogens is 242 g/mol. The van der Waals surface area contributed by atoms with Gasteiger partial charge < -0.3 is 10.4 Å². The van der Waals surface area contributed by atoms with Crippen LogP contribution in [-0.4, -0.2) is 23.0 Å². The first-order valence-corrected chi connectivity index (χ1v) is 6.56. The van der Waals surface area contributed by atoms with Crippen LogP contribution in [0.1, 0.15) is 47.7 Å². The van der Waals surface area contributed by atoms with E-state index in [2.05, 4.69) is 5.32 Å². The third-order valence-electron chi connectivity index (χ3n) is 2.93. The molecule has 1 atom stereocenters. The summed E-state index contributed by atoms with van der Waals surface area (Å²) in [6.07, 6.45) is 2.15. The molecule has 0 aliphatic rings. The van der Waals surface area contributed by atoms with Gasteiger partial charge in [0.05, 0.1) is 0 Å². The first-order chi connectivity index (χ1) is 8.93. The van der Waals surface area contributed by atoms with E-state index in [1.165, 1.54) is 0 Å². The standard InChI is InChI=1S/C15H21NO3/c1-4-5-6-13(15(18)19)16-14(17)12-8-10(2)7-11(3)9-12/h7-9,13H,4-6H2,1-3H3,(H,16,17)(H,18,19)/t13-/m0/s1. The number of aryl methyl sites for hydroxylation is 2. The molecule has 0 spiro atoms. The predicted molar refractivity (Wildman–Crippen MR) is 74.3 cm³/mol. The van der Waals surface area contributed by atoms with Crippen molar-refractivity contribution in [3.05, 3.63) is 34.9 Å². The Morgan fingerprint density at radius 3 is 2.26 bits per heavy atom. The van der Waals surface area contributed by atoms with Crippen LogP contribution >= 0.6 is 0 Å². The number of rotatable bonds is 6. The lowest BCUT2D eigenvalue weighted by Gasteiger charge is -2.14. The molecular formula is C15H21NO3. The maximum absolute atomic E-state index is 12.1. The van der Waals surface area contributed by atoms with Gasteiger partial charge in [-0.1, -0.05) is 37.0 Å². The number of amides is 1. The third-order valence-corrected chi connectivity index (χ3v) is 2.93. The maximum atomic E-state index is 12.1. The molecule has 0 saturated heterocycles. The average Bonchev–Trinajstić information content (AvgIpc) is 2.32. The lowest BCUT2D eigenvalue weighted by Crippen LogP contribution is -2.40. The molecule has 4 nitrogen and oxygen atoms in total. The van der Waals surface area contributed by atoms with Crippen LogP contribution in [0.15, 0.2) is 18.2 Å². The molecule has 1 aromatic rings. The van der Waals surface area contributed by atoms with Gasteiger partial charge in [-0.05, 0) is 32.4 Å². The quantitative estimate of drug-likeness (QED) is 0.829. The van der Waals surface area contributed by atoms with E-state index in [1.807, 2.05) is 26.8 Å². The second-order valence-electron chi connectivity index (χ2n) is 4.88. The van der Waals surface area contributed by atoms with Gasteiger partial charge in [-0.25, -0.2) is 4.79 Å². The molecule has 0 fully saturated rings. The summed E-state index contributed by atoms with van der Waals surface area (Å²) in [6.45, 7) is 5.82. The average molecular weight is 263 g/mol. The van der Waals surface area contributed by atoms with Crippen LogP contribution < -0.4 is 5.32 Å². The second kappa shape index (κ2) is 6.92. The zero-order chi connectivity index (χ0) is 14.4. The van der Waals surface area contributed by atoms with Gasteiger partial charge in [0.15, 0.2) is 0 Å². The Morgan fingerprint density at radius 1 is 1.21 bits per heavy atom. The van der Waals surface area contributed by atoms with Crippen LogP contribution in [0.3, 0.4) is 0 Å². The Bertz CT molecular complexity index is 448. The van der Waals surface area contributed by atoms with Crippen LogP contribution in [0, 0.1) is 13.8 Å².